The number of fused-ring (bicyclic) bond motifs is 1. The number of aromatic nitrogens is 2. The van der Waals surface area contributed by atoms with Gasteiger partial charge in [-0.2, -0.15) is 13.2 Å². The second-order valence-corrected chi connectivity index (χ2v) is 5.35. The summed E-state index contributed by atoms with van der Waals surface area (Å²) in [4.78, 5) is 20.0. The van der Waals surface area contributed by atoms with Crippen molar-refractivity contribution in [2.24, 2.45) is 5.73 Å². The number of hydrogen-bond donors (Lipinski definition) is 2. The number of halogens is 3. The Bertz CT molecular complexity index is 765. The van der Waals surface area contributed by atoms with Crippen molar-refractivity contribution in [3.63, 3.8) is 0 Å². The van der Waals surface area contributed by atoms with Crippen LogP contribution in [0.5, 0.6) is 0 Å². The predicted octanol–water partition coefficient (Wildman–Crippen LogP) is 1.07. The van der Waals surface area contributed by atoms with Crippen molar-refractivity contribution in [2.75, 3.05) is 11.4 Å². The van der Waals surface area contributed by atoms with Crippen molar-refractivity contribution in [3.8, 4) is 0 Å². The molecule has 9 heteroatoms. The summed E-state index contributed by atoms with van der Waals surface area (Å²) in [5.74, 6) is -2.07. The van der Waals surface area contributed by atoms with E-state index >= 15 is 0 Å². The Morgan fingerprint density at radius 1 is 1.30 bits per heavy atom. The molecule has 0 aliphatic carbocycles. The van der Waals surface area contributed by atoms with Gasteiger partial charge in [-0.05, 0) is 12.1 Å². The molecule has 1 saturated heterocycles. The van der Waals surface area contributed by atoms with Crippen molar-refractivity contribution < 1.29 is 23.1 Å². The summed E-state index contributed by atoms with van der Waals surface area (Å²) in [7, 11) is 0. The molecule has 0 saturated carbocycles. The van der Waals surface area contributed by atoms with Crippen LogP contribution < -0.4 is 10.6 Å². The molecule has 1 aromatic heterocycles. The molecular weight excluding hydrogens is 313 g/mol. The minimum absolute atomic E-state index is 0.0219. The monoisotopic (exact) mass is 326 g/mol. The third kappa shape index (κ3) is 2.79. The average molecular weight is 326 g/mol. The number of anilines is 1. The molecule has 2 heterocycles. The average Bonchev–Trinajstić information content (AvgIpc) is 2.87. The molecule has 3 rings (SSSR count). The van der Waals surface area contributed by atoms with E-state index in [0.29, 0.717) is 5.39 Å². The molecule has 0 bridgehead atoms. The number of aliphatic hydroxyl groups is 1. The normalized spacial score (nSPS) is 21.8. The van der Waals surface area contributed by atoms with Crippen LogP contribution in [0.3, 0.4) is 0 Å². The SMILES string of the molecule is NC(=O)C1CC(O)CN1c1nc(C(F)(F)F)nc2ccccc12. The van der Waals surface area contributed by atoms with Crippen LogP contribution >= 0.6 is 0 Å². The molecule has 6 nitrogen and oxygen atoms in total. The van der Waals surface area contributed by atoms with Crippen molar-refractivity contribution in [1.29, 1.82) is 0 Å². The van der Waals surface area contributed by atoms with Gasteiger partial charge >= 0.3 is 6.18 Å². The molecule has 2 aromatic rings. The van der Waals surface area contributed by atoms with Crippen molar-refractivity contribution in [2.45, 2.75) is 24.7 Å². The highest BCUT2D eigenvalue weighted by molar-refractivity contribution is 5.93. The fraction of sp³-hybridized carbons (Fsp3) is 0.357. The van der Waals surface area contributed by atoms with Gasteiger partial charge in [0, 0.05) is 18.4 Å². The van der Waals surface area contributed by atoms with E-state index in [1.54, 1.807) is 18.2 Å². The van der Waals surface area contributed by atoms with E-state index in [0.717, 1.165) is 0 Å². The van der Waals surface area contributed by atoms with Crippen LogP contribution in [0.25, 0.3) is 10.9 Å². The van der Waals surface area contributed by atoms with E-state index in [2.05, 4.69) is 9.97 Å². The summed E-state index contributed by atoms with van der Waals surface area (Å²) < 4.78 is 39.1. The highest BCUT2D eigenvalue weighted by Crippen LogP contribution is 2.34. The topological polar surface area (TPSA) is 92.3 Å². The number of β-amino-alcohol motifs (C(OH)–C–C–N with tert-alkyl or cyclic N) is 1. The lowest BCUT2D eigenvalue weighted by molar-refractivity contribution is -0.144. The van der Waals surface area contributed by atoms with Gasteiger partial charge in [-0.25, -0.2) is 9.97 Å². The Labute approximate surface area is 128 Å². The van der Waals surface area contributed by atoms with Crippen LogP contribution in [0.4, 0.5) is 19.0 Å². The minimum atomic E-state index is -4.72. The molecule has 2 atom stereocenters. The van der Waals surface area contributed by atoms with Crippen LogP contribution in [-0.4, -0.2) is 39.7 Å². The highest BCUT2D eigenvalue weighted by atomic mass is 19.4. The van der Waals surface area contributed by atoms with Crippen molar-refractivity contribution >= 4 is 22.6 Å². The van der Waals surface area contributed by atoms with Crippen LogP contribution in [0, 0.1) is 0 Å². The van der Waals surface area contributed by atoms with Gasteiger partial charge in [0.2, 0.25) is 11.7 Å². The highest BCUT2D eigenvalue weighted by Gasteiger charge is 2.40. The van der Waals surface area contributed by atoms with E-state index in [4.69, 9.17) is 5.73 Å². The van der Waals surface area contributed by atoms with Gasteiger partial charge in [-0.15, -0.1) is 0 Å². The minimum Gasteiger partial charge on any atom is -0.391 e. The zero-order chi connectivity index (χ0) is 16.8. The number of carbonyl (C=O) groups is 1. The number of nitrogens with two attached hydrogens (primary N) is 1. The first-order valence-corrected chi connectivity index (χ1v) is 6.85. The number of amides is 1. The Hall–Kier alpha value is -2.42. The van der Waals surface area contributed by atoms with E-state index in [-0.39, 0.29) is 24.3 Å². The first-order chi connectivity index (χ1) is 10.8. The van der Waals surface area contributed by atoms with E-state index < -0.39 is 30.1 Å². The fourth-order valence-electron chi connectivity index (χ4n) is 2.72. The number of para-hydroxylation sites is 1. The van der Waals surface area contributed by atoms with Crippen LogP contribution in [0.15, 0.2) is 24.3 Å². The molecule has 0 spiro atoms. The van der Waals surface area contributed by atoms with Gasteiger partial charge < -0.3 is 15.7 Å². The molecule has 2 unspecified atom stereocenters. The van der Waals surface area contributed by atoms with Gasteiger partial charge in [0.1, 0.15) is 11.9 Å². The zero-order valence-electron chi connectivity index (χ0n) is 11.8. The molecule has 1 fully saturated rings. The molecule has 3 N–H and O–H groups in total. The predicted molar refractivity (Wildman–Crippen MR) is 75.5 cm³/mol. The lowest BCUT2D eigenvalue weighted by Crippen LogP contribution is -2.41. The van der Waals surface area contributed by atoms with Gasteiger partial charge in [-0.1, -0.05) is 12.1 Å². The molecule has 1 aliphatic heterocycles. The number of aliphatic hydroxyl groups excluding tert-OH is 1. The summed E-state index contributed by atoms with van der Waals surface area (Å²) in [6.07, 6.45) is -5.54. The number of primary amides is 1. The molecule has 1 amide bonds. The zero-order valence-corrected chi connectivity index (χ0v) is 11.8. The van der Waals surface area contributed by atoms with Gasteiger partial charge in [0.05, 0.1) is 11.6 Å². The third-order valence-corrected chi connectivity index (χ3v) is 3.72. The Morgan fingerprint density at radius 3 is 2.65 bits per heavy atom. The smallest absolute Gasteiger partial charge is 0.391 e. The number of benzene rings is 1. The quantitative estimate of drug-likeness (QED) is 0.861. The Morgan fingerprint density at radius 2 is 2.00 bits per heavy atom. The van der Waals surface area contributed by atoms with E-state index in [1.807, 2.05) is 0 Å². The summed E-state index contributed by atoms with van der Waals surface area (Å²) in [5.41, 5.74) is 5.40. The maximum Gasteiger partial charge on any atom is 0.451 e. The fourth-order valence-corrected chi connectivity index (χ4v) is 2.72. The lowest BCUT2D eigenvalue weighted by atomic mass is 10.1. The second kappa shape index (κ2) is 5.34. The first kappa shape index (κ1) is 15.5. The van der Waals surface area contributed by atoms with Crippen LogP contribution in [-0.2, 0) is 11.0 Å². The molecular formula is C14H13F3N4O2. The molecule has 23 heavy (non-hydrogen) atoms. The summed E-state index contributed by atoms with van der Waals surface area (Å²) in [6, 6.07) is 5.27. The van der Waals surface area contributed by atoms with Crippen molar-refractivity contribution in [3.05, 3.63) is 30.1 Å². The number of hydrogen-bond acceptors (Lipinski definition) is 5. The summed E-state index contributed by atoms with van der Waals surface area (Å²) in [6.45, 7) is -0.0219. The summed E-state index contributed by atoms with van der Waals surface area (Å²) >= 11 is 0. The van der Waals surface area contributed by atoms with Crippen LogP contribution in [0.2, 0.25) is 0 Å². The summed E-state index contributed by atoms with van der Waals surface area (Å²) in [5, 5.41) is 10.1. The maximum absolute atomic E-state index is 13.0. The van der Waals surface area contributed by atoms with Gasteiger partial charge in [0.25, 0.3) is 0 Å². The van der Waals surface area contributed by atoms with Gasteiger partial charge in [0.15, 0.2) is 0 Å². The second-order valence-electron chi connectivity index (χ2n) is 5.35. The Balaban J connectivity index is 2.21. The standard InChI is InChI=1S/C14H13F3N4O2/c15-14(16,17)13-19-9-4-2-1-3-8(9)12(20-13)21-6-7(22)5-10(21)11(18)23/h1-4,7,10,22H,5-6H2,(H2,18,23). The largest absolute Gasteiger partial charge is 0.451 e. The van der Waals surface area contributed by atoms with E-state index in [9.17, 15) is 23.1 Å². The number of carbonyl (C=O) groups excluding carboxylic acids is 1. The maximum atomic E-state index is 13.0. The van der Waals surface area contributed by atoms with Crippen LogP contribution in [0.1, 0.15) is 12.2 Å². The molecule has 122 valence electrons. The first-order valence-electron chi connectivity index (χ1n) is 6.85. The molecule has 0 radical (unpaired) electrons. The number of rotatable bonds is 2. The lowest BCUT2D eigenvalue weighted by Gasteiger charge is -2.25. The van der Waals surface area contributed by atoms with E-state index in [1.165, 1.54) is 11.0 Å². The number of alkyl halides is 3. The molecule has 1 aliphatic rings. The molecule has 1 aromatic carbocycles. The van der Waals surface area contributed by atoms with Crippen molar-refractivity contribution in [1.82, 2.24) is 9.97 Å². The Kier molecular flexibility index (Phi) is 3.59. The third-order valence-electron chi connectivity index (χ3n) is 3.72. The van der Waals surface area contributed by atoms with Gasteiger partial charge in [-0.3, -0.25) is 4.79 Å². The number of nitrogens with zero attached hydrogens (tertiary/aromatic N) is 3.